The highest BCUT2D eigenvalue weighted by Crippen LogP contribution is 2.35. The zero-order chi connectivity index (χ0) is 21.4. The van der Waals surface area contributed by atoms with Gasteiger partial charge in [0, 0.05) is 24.2 Å². The third kappa shape index (κ3) is 4.03. The van der Waals surface area contributed by atoms with Crippen molar-refractivity contribution in [3.63, 3.8) is 0 Å². The minimum Gasteiger partial charge on any atom is -0.475 e. The second kappa shape index (κ2) is 8.53. The van der Waals surface area contributed by atoms with E-state index in [4.69, 9.17) is 4.98 Å². The summed E-state index contributed by atoms with van der Waals surface area (Å²) in [5.41, 5.74) is 1.23. The number of aromatic nitrogens is 5. The number of carboxylic acids is 1. The number of carboxylic acid groups (broad SMARTS) is 1. The van der Waals surface area contributed by atoms with Gasteiger partial charge in [-0.25, -0.2) is 24.7 Å². The Morgan fingerprint density at radius 2 is 2.00 bits per heavy atom. The molecule has 31 heavy (non-hydrogen) atoms. The molecule has 2 N–H and O–H groups in total. The average Bonchev–Trinajstić information content (AvgIpc) is 3.35. The lowest BCUT2D eigenvalue weighted by molar-refractivity contribution is 0.0684. The Bertz CT molecular complexity index is 1070. The van der Waals surface area contributed by atoms with Crippen molar-refractivity contribution >= 4 is 34.3 Å². The molecule has 0 aromatic carbocycles. The van der Waals surface area contributed by atoms with E-state index in [1.54, 1.807) is 6.20 Å². The van der Waals surface area contributed by atoms with Crippen LogP contribution in [0.25, 0.3) is 22.0 Å². The van der Waals surface area contributed by atoms with Gasteiger partial charge in [0.25, 0.3) is 0 Å². The topological polar surface area (TPSA) is 106 Å². The molecule has 3 aromatic heterocycles. The maximum atomic E-state index is 11.7. The normalized spacial score (nSPS) is 18.7. The summed E-state index contributed by atoms with van der Waals surface area (Å²) in [7, 11) is 0. The fraction of sp³-hybridized carbons (Fsp3) is 0.591. The predicted molar refractivity (Wildman–Crippen MR) is 120 cm³/mol. The first-order chi connectivity index (χ1) is 15.1. The SMILES string of the molecule is CC(Nc1nc(C(=O)O)nc2nc(-c3nccs3)n(CC3CCCCC3)c12)C1CCC1. The van der Waals surface area contributed by atoms with Gasteiger partial charge in [0.2, 0.25) is 5.82 Å². The van der Waals surface area contributed by atoms with Crippen molar-refractivity contribution in [3.8, 4) is 10.8 Å². The van der Waals surface area contributed by atoms with Crippen LogP contribution in [0.1, 0.15) is 68.9 Å². The average molecular weight is 441 g/mol. The molecule has 0 bridgehead atoms. The van der Waals surface area contributed by atoms with E-state index in [2.05, 4.69) is 31.8 Å². The van der Waals surface area contributed by atoms with Crippen molar-refractivity contribution in [3.05, 3.63) is 17.4 Å². The summed E-state index contributed by atoms with van der Waals surface area (Å²) in [6.07, 6.45) is 11.6. The van der Waals surface area contributed by atoms with Crippen molar-refractivity contribution in [2.75, 3.05) is 5.32 Å². The summed E-state index contributed by atoms with van der Waals surface area (Å²) < 4.78 is 2.19. The molecular weight excluding hydrogens is 412 g/mol. The molecule has 2 aliphatic rings. The number of rotatable bonds is 7. The molecule has 1 atom stereocenters. The summed E-state index contributed by atoms with van der Waals surface area (Å²) in [6.45, 7) is 2.98. The van der Waals surface area contributed by atoms with Gasteiger partial charge in [-0.1, -0.05) is 25.7 Å². The number of nitrogens with zero attached hydrogens (tertiary/aromatic N) is 5. The van der Waals surface area contributed by atoms with Gasteiger partial charge in [0.05, 0.1) is 0 Å². The molecule has 0 spiro atoms. The molecule has 5 rings (SSSR count). The third-order valence-corrected chi connectivity index (χ3v) is 7.57. The van der Waals surface area contributed by atoms with Gasteiger partial charge in [-0.2, -0.15) is 0 Å². The largest absolute Gasteiger partial charge is 0.475 e. The van der Waals surface area contributed by atoms with Gasteiger partial charge in [-0.3, -0.25) is 0 Å². The van der Waals surface area contributed by atoms with Crippen LogP contribution in [-0.2, 0) is 6.54 Å². The van der Waals surface area contributed by atoms with Gasteiger partial charge in [0.15, 0.2) is 22.3 Å². The molecule has 0 saturated heterocycles. The standard InChI is InChI=1S/C22H28N6O2S/c1-13(15-8-5-9-15)24-17-16-18(26-19(25-17)22(29)30)27-20(21-23-10-11-31-21)28(16)12-14-6-3-2-4-7-14/h10-11,13-15H,2-9,12H2,1H3,(H,29,30)(H,24,25,26). The molecule has 3 heterocycles. The number of carbonyl (C=O) groups is 1. The van der Waals surface area contributed by atoms with E-state index >= 15 is 0 Å². The van der Waals surface area contributed by atoms with Gasteiger partial charge in [-0.05, 0) is 44.4 Å². The Labute approximate surface area is 185 Å². The first kappa shape index (κ1) is 20.4. The number of nitrogens with one attached hydrogen (secondary N) is 1. The highest BCUT2D eigenvalue weighted by atomic mass is 32.1. The van der Waals surface area contributed by atoms with Gasteiger partial charge in [0.1, 0.15) is 5.52 Å². The number of aromatic carboxylic acids is 1. The number of thiazole rings is 1. The van der Waals surface area contributed by atoms with E-state index in [-0.39, 0.29) is 11.9 Å². The Kier molecular flexibility index (Phi) is 5.60. The molecule has 0 amide bonds. The maximum absolute atomic E-state index is 11.7. The highest BCUT2D eigenvalue weighted by Gasteiger charge is 2.28. The molecule has 0 radical (unpaired) electrons. The summed E-state index contributed by atoms with van der Waals surface area (Å²) >= 11 is 1.54. The van der Waals surface area contributed by atoms with Crippen LogP contribution in [0.2, 0.25) is 0 Å². The van der Waals surface area contributed by atoms with Gasteiger partial charge >= 0.3 is 5.97 Å². The first-order valence-corrected chi connectivity index (χ1v) is 12.2. The Hall–Kier alpha value is -2.55. The van der Waals surface area contributed by atoms with Crippen molar-refractivity contribution in [1.29, 1.82) is 0 Å². The molecule has 2 aliphatic carbocycles. The minimum absolute atomic E-state index is 0.217. The molecule has 1 unspecified atom stereocenters. The molecular formula is C22H28N6O2S. The van der Waals surface area contributed by atoms with Gasteiger partial charge < -0.3 is 15.0 Å². The molecule has 0 aliphatic heterocycles. The van der Waals surface area contributed by atoms with Crippen molar-refractivity contribution in [2.24, 2.45) is 11.8 Å². The fourth-order valence-corrected chi connectivity index (χ4v) is 5.44. The summed E-state index contributed by atoms with van der Waals surface area (Å²) in [6, 6.07) is 0.217. The Balaban J connectivity index is 1.64. The van der Waals surface area contributed by atoms with Gasteiger partial charge in [-0.15, -0.1) is 11.3 Å². The molecule has 164 valence electrons. The lowest BCUT2D eigenvalue weighted by Gasteiger charge is -2.32. The van der Waals surface area contributed by atoms with E-state index in [9.17, 15) is 9.90 Å². The molecule has 8 nitrogen and oxygen atoms in total. The zero-order valence-electron chi connectivity index (χ0n) is 17.8. The monoisotopic (exact) mass is 440 g/mol. The van der Waals surface area contributed by atoms with Crippen molar-refractivity contribution < 1.29 is 9.90 Å². The Morgan fingerprint density at radius 3 is 2.65 bits per heavy atom. The Morgan fingerprint density at radius 1 is 1.19 bits per heavy atom. The van der Waals surface area contributed by atoms with E-state index in [0.29, 0.717) is 23.3 Å². The van der Waals surface area contributed by atoms with E-state index in [0.717, 1.165) is 22.9 Å². The smallest absolute Gasteiger partial charge is 0.374 e. The number of hydrogen-bond donors (Lipinski definition) is 2. The van der Waals surface area contributed by atoms with Crippen LogP contribution in [0.5, 0.6) is 0 Å². The first-order valence-electron chi connectivity index (χ1n) is 11.3. The molecule has 9 heteroatoms. The van der Waals surface area contributed by atoms with Crippen molar-refractivity contribution in [2.45, 2.75) is 70.9 Å². The summed E-state index contributed by atoms with van der Waals surface area (Å²) in [5, 5.41) is 15.9. The fourth-order valence-electron chi connectivity index (χ4n) is 4.81. The van der Waals surface area contributed by atoms with Crippen LogP contribution < -0.4 is 5.32 Å². The van der Waals surface area contributed by atoms with Crippen LogP contribution in [-0.4, -0.2) is 41.6 Å². The number of anilines is 1. The van der Waals surface area contributed by atoms with E-state index < -0.39 is 5.97 Å². The van der Waals surface area contributed by atoms with Crippen LogP contribution in [0.15, 0.2) is 11.6 Å². The number of imidazole rings is 1. The quantitative estimate of drug-likeness (QED) is 0.542. The minimum atomic E-state index is -1.14. The predicted octanol–water partition coefficient (Wildman–Crippen LogP) is 4.83. The lowest BCUT2D eigenvalue weighted by Crippen LogP contribution is -2.31. The third-order valence-electron chi connectivity index (χ3n) is 6.80. The lowest BCUT2D eigenvalue weighted by atomic mass is 9.80. The van der Waals surface area contributed by atoms with Crippen LogP contribution >= 0.6 is 11.3 Å². The second-order valence-electron chi connectivity index (χ2n) is 8.88. The van der Waals surface area contributed by atoms with E-state index in [1.165, 1.54) is 62.7 Å². The summed E-state index contributed by atoms with van der Waals surface area (Å²) in [4.78, 5) is 29.7. The number of fused-ring (bicyclic) bond motifs is 1. The molecule has 2 fully saturated rings. The van der Waals surface area contributed by atoms with Crippen LogP contribution in [0.4, 0.5) is 5.82 Å². The second-order valence-corrected chi connectivity index (χ2v) is 9.78. The maximum Gasteiger partial charge on any atom is 0.374 e. The van der Waals surface area contributed by atoms with Crippen LogP contribution in [0, 0.1) is 11.8 Å². The van der Waals surface area contributed by atoms with E-state index in [1.807, 2.05) is 5.38 Å². The molecule has 3 aromatic rings. The highest BCUT2D eigenvalue weighted by molar-refractivity contribution is 7.13. The summed E-state index contributed by atoms with van der Waals surface area (Å²) in [5.74, 6) is 1.13. The number of hydrogen-bond acceptors (Lipinski definition) is 7. The zero-order valence-corrected chi connectivity index (χ0v) is 18.6. The van der Waals surface area contributed by atoms with Crippen molar-refractivity contribution in [1.82, 2.24) is 24.5 Å². The van der Waals surface area contributed by atoms with Crippen LogP contribution in [0.3, 0.4) is 0 Å². The molecule has 2 saturated carbocycles.